The van der Waals surface area contributed by atoms with Gasteiger partial charge in [0.25, 0.3) is 0 Å². The molecule has 0 atom stereocenters. The van der Waals surface area contributed by atoms with Gasteiger partial charge in [-0.2, -0.15) is 4.57 Å². The molecular formula is C21H17N4OS+. The van der Waals surface area contributed by atoms with Gasteiger partial charge in [0.1, 0.15) is 0 Å². The van der Waals surface area contributed by atoms with Crippen molar-refractivity contribution in [2.75, 3.05) is 19.0 Å². The molecule has 0 bridgehead atoms. The number of aromatic amines is 1. The molecule has 0 aliphatic carbocycles. The number of benzene rings is 2. The monoisotopic (exact) mass is 373 g/mol. The van der Waals surface area contributed by atoms with Gasteiger partial charge in [0.15, 0.2) is 10.9 Å². The zero-order valence-electron chi connectivity index (χ0n) is 14.9. The Morgan fingerprint density at radius 3 is 2.56 bits per heavy atom. The van der Waals surface area contributed by atoms with E-state index < -0.39 is 0 Å². The maximum Gasteiger partial charge on any atom is 0.388 e. The molecule has 5 nitrogen and oxygen atoms in total. The van der Waals surface area contributed by atoms with E-state index in [4.69, 9.17) is 4.98 Å². The first-order chi connectivity index (χ1) is 13.1. The van der Waals surface area contributed by atoms with Crippen LogP contribution in [0.15, 0.2) is 65.7 Å². The normalized spacial score (nSPS) is 11.5. The second-order valence-electron chi connectivity index (χ2n) is 6.69. The number of fused-ring (bicyclic) bond motifs is 4. The van der Waals surface area contributed by atoms with Crippen LogP contribution in [0, 0.1) is 0 Å². The predicted molar refractivity (Wildman–Crippen MR) is 111 cm³/mol. The number of nitrogens with zero attached hydrogens (tertiary/aromatic N) is 3. The van der Waals surface area contributed by atoms with E-state index in [1.807, 2.05) is 79.6 Å². The fraction of sp³-hybridized carbons (Fsp3) is 0.0952. The summed E-state index contributed by atoms with van der Waals surface area (Å²) in [6.07, 6.45) is 3.99. The Balaban J connectivity index is 1.77. The molecule has 27 heavy (non-hydrogen) atoms. The highest BCUT2D eigenvalue weighted by atomic mass is 32.1. The van der Waals surface area contributed by atoms with Crippen LogP contribution in [0.3, 0.4) is 0 Å². The number of rotatable bonds is 2. The minimum atomic E-state index is 0.0492. The molecule has 1 N–H and O–H groups in total. The SMILES string of the molecule is CN(C)c1cc[n+](-c2nc3ccc4[nH]c5ccccc5c(=O)c4c3s2)cc1. The highest BCUT2D eigenvalue weighted by Crippen LogP contribution is 2.29. The lowest BCUT2D eigenvalue weighted by molar-refractivity contribution is -0.595. The number of pyridine rings is 2. The van der Waals surface area contributed by atoms with Gasteiger partial charge in [-0.15, -0.1) is 0 Å². The first-order valence-electron chi connectivity index (χ1n) is 8.65. The molecule has 0 saturated carbocycles. The van der Waals surface area contributed by atoms with Gasteiger partial charge in [0, 0.05) is 42.8 Å². The topological polar surface area (TPSA) is 52.9 Å². The van der Waals surface area contributed by atoms with E-state index in [2.05, 4.69) is 9.88 Å². The van der Waals surface area contributed by atoms with Crippen molar-refractivity contribution in [3.63, 3.8) is 0 Å². The molecule has 0 amide bonds. The van der Waals surface area contributed by atoms with Gasteiger partial charge in [0.05, 0.1) is 28.0 Å². The number of nitrogens with one attached hydrogen (secondary N) is 1. The lowest BCUT2D eigenvalue weighted by Crippen LogP contribution is -2.29. The van der Waals surface area contributed by atoms with Crippen molar-refractivity contribution < 1.29 is 4.57 Å². The molecule has 132 valence electrons. The molecule has 0 unspecified atom stereocenters. The molecule has 6 heteroatoms. The van der Waals surface area contributed by atoms with Crippen LogP contribution in [-0.2, 0) is 0 Å². The van der Waals surface area contributed by atoms with Gasteiger partial charge < -0.3 is 9.88 Å². The molecule has 3 aromatic heterocycles. The maximum absolute atomic E-state index is 13.1. The molecular weight excluding hydrogens is 356 g/mol. The number of aromatic nitrogens is 3. The lowest BCUT2D eigenvalue weighted by atomic mass is 10.1. The Morgan fingerprint density at radius 1 is 1.00 bits per heavy atom. The minimum absolute atomic E-state index is 0.0492. The van der Waals surface area contributed by atoms with Crippen molar-refractivity contribution in [2.24, 2.45) is 0 Å². The Bertz CT molecular complexity index is 1370. The molecule has 2 aromatic carbocycles. The lowest BCUT2D eigenvalue weighted by Gasteiger charge is -2.10. The summed E-state index contributed by atoms with van der Waals surface area (Å²) < 4.78 is 2.90. The highest BCUT2D eigenvalue weighted by Gasteiger charge is 2.19. The zero-order valence-corrected chi connectivity index (χ0v) is 15.7. The fourth-order valence-electron chi connectivity index (χ4n) is 3.33. The van der Waals surface area contributed by atoms with Gasteiger partial charge in [0.2, 0.25) is 0 Å². The van der Waals surface area contributed by atoms with E-state index in [0.717, 1.165) is 32.1 Å². The Labute approximate surface area is 159 Å². The van der Waals surface area contributed by atoms with E-state index in [9.17, 15) is 4.79 Å². The Morgan fingerprint density at radius 2 is 1.78 bits per heavy atom. The summed E-state index contributed by atoms with van der Waals surface area (Å²) in [6.45, 7) is 0. The second kappa shape index (κ2) is 5.89. The number of hydrogen-bond donors (Lipinski definition) is 1. The van der Waals surface area contributed by atoms with Crippen LogP contribution in [0.1, 0.15) is 0 Å². The molecule has 0 saturated heterocycles. The van der Waals surface area contributed by atoms with Crippen molar-refractivity contribution in [1.29, 1.82) is 0 Å². The Hall–Kier alpha value is -3.25. The third-order valence-electron chi connectivity index (χ3n) is 4.76. The van der Waals surface area contributed by atoms with Crippen LogP contribution in [0.25, 0.3) is 37.2 Å². The van der Waals surface area contributed by atoms with Crippen molar-refractivity contribution >= 4 is 49.0 Å². The zero-order chi connectivity index (χ0) is 18.5. The summed E-state index contributed by atoms with van der Waals surface area (Å²) in [7, 11) is 4.03. The summed E-state index contributed by atoms with van der Waals surface area (Å²) >= 11 is 1.54. The number of para-hydroxylation sites is 1. The van der Waals surface area contributed by atoms with E-state index in [0.29, 0.717) is 10.8 Å². The Kier molecular flexibility index (Phi) is 3.48. The average molecular weight is 373 g/mol. The van der Waals surface area contributed by atoms with Crippen LogP contribution in [0.4, 0.5) is 5.69 Å². The summed E-state index contributed by atoms with van der Waals surface area (Å²) in [6, 6.07) is 15.6. The predicted octanol–water partition coefficient (Wildman–Crippen LogP) is 3.63. The quantitative estimate of drug-likeness (QED) is 0.380. The van der Waals surface area contributed by atoms with Gasteiger partial charge in [-0.25, -0.2) is 0 Å². The smallest absolute Gasteiger partial charge is 0.377 e. The van der Waals surface area contributed by atoms with Gasteiger partial charge in [-0.3, -0.25) is 4.79 Å². The van der Waals surface area contributed by atoms with Gasteiger partial charge >= 0.3 is 5.13 Å². The van der Waals surface area contributed by atoms with Gasteiger partial charge in [-0.1, -0.05) is 12.1 Å². The number of hydrogen-bond acceptors (Lipinski definition) is 4. The third kappa shape index (κ3) is 2.49. The highest BCUT2D eigenvalue weighted by molar-refractivity contribution is 7.21. The van der Waals surface area contributed by atoms with Crippen LogP contribution in [0.2, 0.25) is 0 Å². The van der Waals surface area contributed by atoms with Crippen molar-refractivity contribution in [3.05, 3.63) is 71.1 Å². The molecule has 5 rings (SSSR count). The molecule has 0 aliphatic heterocycles. The second-order valence-corrected chi connectivity index (χ2v) is 7.67. The van der Waals surface area contributed by atoms with Crippen molar-refractivity contribution in [2.45, 2.75) is 0 Å². The van der Waals surface area contributed by atoms with E-state index >= 15 is 0 Å². The van der Waals surface area contributed by atoms with Crippen molar-refractivity contribution in [3.8, 4) is 5.13 Å². The molecule has 0 radical (unpaired) electrons. The molecule has 5 aromatic rings. The standard InChI is InChI=1S/C21H16N4OS/c1-24(2)13-9-11-25(12-10-13)21-23-17-8-7-16-18(20(17)27-21)19(26)14-5-3-4-6-15(14)22-16/h3-12H,1-2H3/p+1. The van der Waals surface area contributed by atoms with E-state index in [1.54, 1.807) is 0 Å². The van der Waals surface area contributed by atoms with E-state index in [-0.39, 0.29) is 5.43 Å². The number of anilines is 1. The summed E-state index contributed by atoms with van der Waals surface area (Å²) in [5.41, 5.74) is 3.71. The maximum atomic E-state index is 13.1. The van der Waals surface area contributed by atoms with E-state index in [1.165, 1.54) is 11.3 Å². The van der Waals surface area contributed by atoms with Crippen LogP contribution < -0.4 is 14.9 Å². The summed E-state index contributed by atoms with van der Waals surface area (Å²) in [5, 5.41) is 2.26. The first-order valence-corrected chi connectivity index (χ1v) is 9.47. The largest absolute Gasteiger partial charge is 0.388 e. The summed E-state index contributed by atoms with van der Waals surface area (Å²) in [4.78, 5) is 23.3. The fourth-order valence-corrected chi connectivity index (χ4v) is 4.41. The molecule has 0 spiro atoms. The minimum Gasteiger partial charge on any atom is -0.377 e. The van der Waals surface area contributed by atoms with Crippen LogP contribution >= 0.6 is 11.3 Å². The average Bonchev–Trinajstić information content (AvgIpc) is 3.12. The third-order valence-corrected chi connectivity index (χ3v) is 5.87. The molecule has 0 fully saturated rings. The van der Waals surface area contributed by atoms with Crippen LogP contribution in [-0.4, -0.2) is 24.1 Å². The van der Waals surface area contributed by atoms with Crippen molar-refractivity contribution in [1.82, 2.24) is 9.97 Å². The molecule has 0 aliphatic rings. The van der Waals surface area contributed by atoms with Gasteiger partial charge in [-0.05, 0) is 40.6 Å². The first kappa shape index (κ1) is 16.0. The summed E-state index contributed by atoms with van der Waals surface area (Å²) in [5.74, 6) is 0. The molecule has 3 heterocycles. The number of H-pyrrole nitrogens is 1. The number of thiazole rings is 1. The van der Waals surface area contributed by atoms with Crippen LogP contribution in [0.5, 0.6) is 0 Å².